The van der Waals surface area contributed by atoms with Crippen molar-refractivity contribution in [3.8, 4) is 11.5 Å². The van der Waals surface area contributed by atoms with Gasteiger partial charge in [-0.05, 0) is 61.1 Å². The topological polar surface area (TPSA) is 46.9 Å². The molecule has 0 spiro atoms. The van der Waals surface area contributed by atoms with Crippen molar-refractivity contribution in [2.45, 2.75) is 20.0 Å². The van der Waals surface area contributed by atoms with Crippen molar-refractivity contribution in [3.05, 3.63) is 77.7 Å². The lowest BCUT2D eigenvalue weighted by molar-refractivity contribution is 0.348. The zero-order chi connectivity index (χ0) is 19.9. The molecule has 0 aliphatic heterocycles. The normalized spacial score (nSPS) is 10.4. The average molecular weight is 397 g/mol. The molecule has 0 radical (unpaired) electrons. The standard InChI is InChI=1S/C22H24N2O3S/c1-16-6-9-18(10-7-16)23-22(28)24(15-19-5-4-12-27-19)14-17-8-11-20(25-2)21(13-17)26-3/h4-13H,14-15H2,1-3H3,(H,23,28). The van der Waals surface area contributed by atoms with Gasteiger partial charge in [0.1, 0.15) is 5.76 Å². The number of rotatable bonds is 7. The van der Waals surface area contributed by atoms with Crippen molar-refractivity contribution < 1.29 is 13.9 Å². The highest BCUT2D eigenvalue weighted by atomic mass is 32.1. The Morgan fingerprint density at radius 3 is 2.39 bits per heavy atom. The number of nitrogens with zero attached hydrogens (tertiary/aromatic N) is 1. The molecule has 0 amide bonds. The fourth-order valence-corrected chi connectivity index (χ4v) is 3.08. The molecule has 0 aliphatic rings. The highest BCUT2D eigenvalue weighted by Crippen LogP contribution is 2.28. The van der Waals surface area contributed by atoms with Crippen LogP contribution in [0.25, 0.3) is 0 Å². The Kier molecular flexibility index (Phi) is 6.55. The summed E-state index contributed by atoms with van der Waals surface area (Å²) in [6, 6.07) is 17.8. The van der Waals surface area contributed by atoms with E-state index >= 15 is 0 Å². The molecule has 3 rings (SSSR count). The Morgan fingerprint density at radius 2 is 1.75 bits per heavy atom. The summed E-state index contributed by atoms with van der Waals surface area (Å²) in [5.74, 6) is 2.23. The fraction of sp³-hybridized carbons (Fsp3) is 0.227. The zero-order valence-corrected chi connectivity index (χ0v) is 17.1. The van der Waals surface area contributed by atoms with Crippen LogP contribution in [0, 0.1) is 6.92 Å². The van der Waals surface area contributed by atoms with E-state index in [1.807, 2.05) is 42.5 Å². The highest BCUT2D eigenvalue weighted by Gasteiger charge is 2.15. The molecule has 0 fully saturated rings. The van der Waals surface area contributed by atoms with Crippen molar-refractivity contribution in [2.24, 2.45) is 0 Å². The van der Waals surface area contributed by atoms with Crippen LogP contribution in [0.15, 0.2) is 65.3 Å². The molecular weight excluding hydrogens is 372 g/mol. The van der Waals surface area contributed by atoms with Crippen LogP contribution >= 0.6 is 12.2 Å². The van der Waals surface area contributed by atoms with Gasteiger partial charge in [0.15, 0.2) is 16.6 Å². The average Bonchev–Trinajstić information content (AvgIpc) is 3.22. The monoisotopic (exact) mass is 396 g/mol. The third kappa shape index (κ3) is 5.04. The maximum atomic E-state index is 5.69. The van der Waals surface area contributed by atoms with Crippen molar-refractivity contribution in [3.63, 3.8) is 0 Å². The van der Waals surface area contributed by atoms with Gasteiger partial charge in [-0.2, -0.15) is 0 Å². The van der Waals surface area contributed by atoms with Gasteiger partial charge in [-0.3, -0.25) is 0 Å². The smallest absolute Gasteiger partial charge is 0.174 e. The van der Waals surface area contributed by atoms with Crippen LogP contribution in [0.5, 0.6) is 11.5 Å². The molecule has 0 saturated carbocycles. The van der Waals surface area contributed by atoms with Gasteiger partial charge in [0, 0.05) is 12.2 Å². The molecule has 0 atom stereocenters. The predicted octanol–water partition coefficient (Wildman–Crippen LogP) is 5.00. The Balaban J connectivity index is 1.80. The lowest BCUT2D eigenvalue weighted by Crippen LogP contribution is -2.33. The SMILES string of the molecule is COc1ccc(CN(Cc2ccco2)C(=S)Nc2ccc(C)cc2)cc1OC. The quantitative estimate of drug-likeness (QED) is 0.567. The molecule has 28 heavy (non-hydrogen) atoms. The van der Waals surface area contributed by atoms with Gasteiger partial charge < -0.3 is 24.1 Å². The summed E-state index contributed by atoms with van der Waals surface area (Å²) in [5, 5.41) is 3.93. The van der Waals surface area contributed by atoms with Gasteiger partial charge in [-0.25, -0.2) is 0 Å². The molecule has 0 saturated heterocycles. The van der Waals surface area contributed by atoms with Gasteiger partial charge in [0.25, 0.3) is 0 Å². The van der Waals surface area contributed by atoms with E-state index in [1.54, 1.807) is 20.5 Å². The number of furan rings is 1. The summed E-state index contributed by atoms with van der Waals surface area (Å²) in [6.45, 7) is 3.21. The first-order valence-electron chi connectivity index (χ1n) is 8.95. The second-order valence-electron chi connectivity index (χ2n) is 6.42. The fourth-order valence-electron chi connectivity index (χ4n) is 2.83. The summed E-state index contributed by atoms with van der Waals surface area (Å²) in [7, 11) is 3.26. The van der Waals surface area contributed by atoms with Crippen LogP contribution in [0.1, 0.15) is 16.9 Å². The van der Waals surface area contributed by atoms with Gasteiger partial charge in [-0.1, -0.05) is 23.8 Å². The van der Waals surface area contributed by atoms with Crippen LogP contribution in [0.4, 0.5) is 5.69 Å². The van der Waals surface area contributed by atoms with Crippen LogP contribution in [-0.4, -0.2) is 24.2 Å². The van der Waals surface area contributed by atoms with E-state index in [1.165, 1.54) is 5.56 Å². The number of hydrogen-bond donors (Lipinski definition) is 1. The van der Waals surface area contributed by atoms with Crippen LogP contribution < -0.4 is 14.8 Å². The van der Waals surface area contributed by atoms with Crippen molar-refractivity contribution >= 4 is 23.0 Å². The molecular formula is C22H24N2O3S. The molecule has 1 aromatic heterocycles. The Morgan fingerprint density at radius 1 is 1.00 bits per heavy atom. The number of anilines is 1. The third-order valence-electron chi connectivity index (χ3n) is 4.34. The molecule has 3 aromatic rings. The Hall–Kier alpha value is -2.99. The number of ether oxygens (including phenoxy) is 2. The highest BCUT2D eigenvalue weighted by molar-refractivity contribution is 7.80. The van der Waals surface area contributed by atoms with Crippen LogP contribution in [0.3, 0.4) is 0 Å². The van der Waals surface area contributed by atoms with E-state index in [0.717, 1.165) is 17.0 Å². The summed E-state index contributed by atoms with van der Waals surface area (Å²) in [6.07, 6.45) is 1.67. The second-order valence-corrected chi connectivity index (χ2v) is 6.81. The van der Waals surface area contributed by atoms with Gasteiger partial charge in [-0.15, -0.1) is 0 Å². The minimum atomic E-state index is 0.555. The largest absolute Gasteiger partial charge is 0.493 e. The molecule has 0 unspecified atom stereocenters. The summed E-state index contributed by atoms with van der Waals surface area (Å²) < 4.78 is 16.3. The number of aryl methyl sites for hydroxylation is 1. The number of nitrogens with one attached hydrogen (secondary N) is 1. The molecule has 146 valence electrons. The number of benzene rings is 2. The minimum Gasteiger partial charge on any atom is -0.493 e. The summed E-state index contributed by atoms with van der Waals surface area (Å²) in [4.78, 5) is 2.05. The maximum Gasteiger partial charge on any atom is 0.174 e. The second kappa shape index (κ2) is 9.28. The first-order valence-corrected chi connectivity index (χ1v) is 9.35. The van der Waals surface area contributed by atoms with Gasteiger partial charge >= 0.3 is 0 Å². The van der Waals surface area contributed by atoms with Gasteiger partial charge in [0.2, 0.25) is 0 Å². The maximum absolute atomic E-state index is 5.69. The van der Waals surface area contributed by atoms with Crippen molar-refractivity contribution in [1.29, 1.82) is 0 Å². The van der Waals surface area contributed by atoms with E-state index in [4.69, 9.17) is 26.1 Å². The summed E-state index contributed by atoms with van der Waals surface area (Å²) in [5.41, 5.74) is 3.21. The van der Waals surface area contributed by atoms with E-state index in [-0.39, 0.29) is 0 Å². The lowest BCUT2D eigenvalue weighted by atomic mass is 10.2. The zero-order valence-electron chi connectivity index (χ0n) is 16.3. The predicted molar refractivity (Wildman–Crippen MR) is 115 cm³/mol. The Bertz CT molecular complexity index is 908. The molecule has 2 aromatic carbocycles. The molecule has 1 heterocycles. The molecule has 5 nitrogen and oxygen atoms in total. The van der Waals surface area contributed by atoms with Crippen LogP contribution in [-0.2, 0) is 13.1 Å². The van der Waals surface area contributed by atoms with Crippen LogP contribution in [0.2, 0.25) is 0 Å². The number of hydrogen-bond acceptors (Lipinski definition) is 4. The van der Waals surface area contributed by atoms with Crippen molar-refractivity contribution in [1.82, 2.24) is 4.90 Å². The molecule has 6 heteroatoms. The van der Waals surface area contributed by atoms with E-state index < -0.39 is 0 Å². The first kappa shape index (κ1) is 19.8. The molecule has 0 aliphatic carbocycles. The third-order valence-corrected chi connectivity index (χ3v) is 4.70. The number of methoxy groups -OCH3 is 2. The minimum absolute atomic E-state index is 0.555. The van der Waals surface area contributed by atoms with E-state index in [9.17, 15) is 0 Å². The van der Waals surface area contributed by atoms with Gasteiger partial charge in [0.05, 0.1) is 27.0 Å². The number of thiocarbonyl (C=S) groups is 1. The first-order chi connectivity index (χ1) is 13.6. The van der Waals surface area contributed by atoms with E-state index in [2.05, 4.69) is 29.3 Å². The Labute approximate surface area is 170 Å². The molecule has 0 bridgehead atoms. The van der Waals surface area contributed by atoms with Crippen molar-refractivity contribution in [2.75, 3.05) is 19.5 Å². The molecule has 1 N–H and O–H groups in total. The van der Waals surface area contributed by atoms with E-state index in [0.29, 0.717) is 29.7 Å². The summed E-state index contributed by atoms with van der Waals surface area (Å²) >= 11 is 5.69. The lowest BCUT2D eigenvalue weighted by Gasteiger charge is -2.25.